The van der Waals surface area contributed by atoms with Crippen molar-refractivity contribution < 1.29 is 0 Å². The minimum atomic E-state index is 0.0689. The molecule has 3 heteroatoms. The molecule has 3 aromatic carbocycles. The SMILES string of the molecule is Clc1ccc(C(c2ccc(Cl)cc2)n2ccc3ccccc32)cc1. The summed E-state index contributed by atoms with van der Waals surface area (Å²) in [6.07, 6.45) is 2.14. The monoisotopic (exact) mass is 351 g/mol. The molecule has 4 aromatic rings. The van der Waals surface area contributed by atoms with Gasteiger partial charge in [-0.2, -0.15) is 0 Å². The lowest BCUT2D eigenvalue weighted by Crippen LogP contribution is -2.11. The van der Waals surface area contributed by atoms with Crippen molar-refractivity contribution in [3.63, 3.8) is 0 Å². The number of benzene rings is 3. The van der Waals surface area contributed by atoms with Gasteiger partial charge in [0, 0.05) is 21.8 Å². The van der Waals surface area contributed by atoms with Crippen LogP contribution in [0.25, 0.3) is 10.9 Å². The largest absolute Gasteiger partial charge is 0.336 e. The third kappa shape index (κ3) is 2.82. The Labute approximate surface area is 151 Å². The molecule has 0 aliphatic rings. The fourth-order valence-electron chi connectivity index (χ4n) is 3.13. The van der Waals surface area contributed by atoms with Crippen LogP contribution in [-0.4, -0.2) is 4.57 Å². The highest BCUT2D eigenvalue weighted by Crippen LogP contribution is 2.32. The smallest absolute Gasteiger partial charge is 0.0839 e. The van der Waals surface area contributed by atoms with E-state index in [1.807, 2.05) is 24.3 Å². The minimum absolute atomic E-state index is 0.0689. The molecule has 0 saturated carbocycles. The van der Waals surface area contributed by atoms with Crippen LogP contribution >= 0.6 is 23.2 Å². The van der Waals surface area contributed by atoms with E-state index in [9.17, 15) is 0 Å². The zero-order valence-corrected chi connectivity index (χ0v) is 14.4. The summed E-state index contributed by atoms with van der Waals surface area (Å²) in [5.74, 6) is 0. The molecule has 118 valence electrons. The molecule has 1 heterocycles. The van der Waals surface area contributed by atoms with Gasteiger partial charge in [-0.1, -0.05) is 65.7 Å². The third-order valence-corrected chi connectivity index (χ3v) is 4.78. The molecule has 0 unspecified atom stereocenters. The molecule has 0 aliphatic carbocycles. The molecule has 0 amide bonds. The number of fused-ring (bicyclic) bond motifs is 1. The Morgan fingerprint density at radius 1 is 0.625 bits per heavy atom. The summed E-state index contributed by atoms with van der Waals surface area (Å²) in [6, 6.07) is 26.7. The van der Waals surface area contributed by atoms with Gasteiger partial charge in [-0.15, -0.1) is 0 Å². The van der Waals surface area contributed by atoms with Gasteiger partial charge in [0.05, 0.1) is 6.04 Å². The highest BCUT2D eigenvalue weighted by Gasteiger charge is 2.18. The van der Waals surface area contributed by atoms with E-state index >= 15 is 0 Å². The lowest BCUT2D eigenvalue weighted by molar-refractivity contribution is 0.705. The van der Waals surface area contributed by atoms with E-state index in [1.165, 1.54) is 22.0 Å². The fourth-order valence-corrected chi connectivity index (χ4v) is 3.39. The number of halogens is 2. The van der Waals surface area contributed by atoms with Crippen LogP contribution in [0.15, 0.2) is 85.1 Å². The molecule has 0 spiro atoms. The van der Waals surface area contributed by atoms with Gasteiger partial charge < -0.3 is 4.57 Å². The quantitative estimate of drug-likeness (QED) is 0.392. The number of para-hydroxylation sites is 1. The predicted octanol–water partition coefficient (Wildman–Crippen LogP) is 6.59. The summed E-state index contributed by atoms with van der Waals surface area (Å²) in [7, 11) is 0. The topological polar surface area (TPSA) is 4.93 Å². The maximum absolute atomic E-state index is 6.08. The van der Waals surface area contributed by atoms with Gasteiger partial charge in [-0.3, -0.25) is 0 Å². The Hall–Kier alpha value is -2.22. The van der Waals surface area contributed by atoms with Crippen molar-refractivity contribution in [1.82, 2.24) is 4.57 Å². The second-order valence-corrected chi connectivity index (χ2v) is 6.66. The number of rotatable bonds is 3. The molecule has 0 fully saturated rings. The van der Waals surface area contributed by atoms with Gasteiger partial charge in [-0.25, -0.2) is 0 Å². The van der Waals surface area contributed by atoms with E-state index in [-0.39, 0.29) is 6.04 Å². The number of aromatic nitrogens is 1. The van der Waals surface area contributed by atoms with Gasteiger partial charge in [0.25, 0.3) is 0 Å². The first kappa shape index (κ1) is 15.3. The van der Waals surface area contributed by atoms with Gasteiger partial charge in [0.1, 0.15) is 0 Å². The van der Waals surface area contributed by atoms with Crippen LogP contribution in [0.1, 0.15) is 17.2 Å². The van der Waals surface area contributed by atoms with Crippen molar-refractivity contribution >= 4 is 34.1 Å². The second-order valence-electron chi connectivity index (χ2n) is 5.79. The average molecular weight is 352 g/mol. The second kappa shape index (κ2) is 6.35. The lowest BCUT2D eigenvalue weighted by atomic mass is 9.98. The molecule has 4 rings (SSSR count). The van der Waals surface area contributed by atoms with Crippen LogP contribution in [0.4, 0.5) is 0 Å². The Kier molecular flexibility index (Phi) is 4.05. The number of hydrogen-bond donors (Lipinski definition) is 0. The zero-order chi connectivity index (χ0) is 16.5. The number of nitrogens with zero attached hydrogens (tertiary/aromatic N) is 1. The van der Waals surface area contributed by atoms with Crippen molar-refractivity contribution in [2.45, 2.75) is 6.04 Å². The Bertz CT molecular complexity index is 923. The van der Waals surface area contributed by atoms with E-state index in [1.54, 1.807) is 0 Å². The minimum Gasteiger partial charge on any atom is -0.336 e. The first-order chi connectivity index (χ1) is 11.7. The van der Waals surface area contributed by atoms with Crippen LogP contribution < -0.4 is 0 Å². The van der Waals surface area contributed by atoms with Crippen molar-refractivity contribution in [2.24, 2.45) is 0 Å². The van der Waals surface area contributed by atoms with E-state index in [4.69, 9.17) is 23.2 Å². The van der Waals surface area contributed by atoms with Gasteiger partial charge in [0.2, 0.25) is 0 Å². The maximum Gasteiger partial charge on any atom is 0.0839 e. The summed E-state index contributed by atoms with van der Waals surface area (Å²) in [4.78, 5) is 0. The van der Waals surface area contributed by atoms with Crippen molar-refractivity contribution in [3.05, 3.63) is 106 Å². The van der Waals surface area contributed by atoms with Crippen LogP contribution in [0.5, 0.6) is 0 Å². The van der Waals surface area contributed by atoms with E-state index in [0.29, 0.717) is 0 Å². The highest BCUT2D eigenvalue weighted by atomic mass is 35.5. The van der Waals surface area contributed by atoms with Crippen LogP contribution in [0.3, 0.4) is 0 Å². The van der Waals surface area contributed by atoms with Gasteiger partial charge >= 0.3 is 0 Å². The molecule has 24 heavy (non-hydrogen) atoms. The van der Waals surface area contributed by atoms with Crippen LogP contribution in [0.2, 0.25) is 10.0 Å². The lowest BCUT2D eigenvalue weighted by Gasteiger charge is -2.22. The summed E-state index contributed by atoms with van der Waals surface area (Å²) in [6.45, 7) is 0. The van der Waals surface area contributed by atoms with Crippen molar-refractivity contribution in [3.8, 4) is 0 Å². The fraction of sp³-hybridized carbons (Fsp3) is 0.0476. The first-order valence-corrected chi connectivity index (χ1v) is 8.54. The molecular weight excluding hydrogens is 337 g/mol. The predicted molar refractivity (Wildman–Crippen MR) is 102 cm³/mol. The first-order valence-electron chi connectivity index (χ1n) is 7.79. The summed E-state index contributed by atoms with van der Waals surface area (Å²) < 4.78 is 2.29. The molecule has 1 aromatic heterocycles. The Balaban J connectivity index is 1.93. The summed E-state index contributed by atoms with van der Waals surface area (Å²) >= 11 is 12.2. The normalized spacial score (nSPS) is 11.3. The molecule has 0 N–H and O–H groups in total. The van der Waals surface area contributed by atoms with Gasteiger partial charge in [-0.05, 0) is 52.9 Å². The molecular formula is C21H15Cl2N. The maximum atomic E-state index is 6.08. The summed E-state index contributed by atoms with van der Waals surface area (Å²) in [5.41, 5.74) is 3.57. The molecule has 0 saturated heterocycles. The highest BCUT2D eigenvalue weighted by molar-refractivity contribution is 6.30. The summed E-state index contributed by atoms with van der Waals surface area (Å²) in [5, 5.41) is 2.71. The third-order valence-electron chi connectivity index (χ3n) is 4.28. The molecule has 0 atom stereocenters. The molecule has 1 nitrogen and oxygen atoms in total. The molecule has 0 radical (unpaired) electrons. The van der Waals surface area contributed by atoms with Crippen LogP contribution in [0, 0.1) is 0 Å². The van der Waals surface area contributed by atoms with Crippen LogP contribution in [-0.2, 0) is 0 Å². The van der Waals surface area contributed by atoms with Crippen molar-refractivity contribution in [1.29, 1.82) is 0 Å². The van der Waals surface area contributed by atoms with E-state index in [2.05, 4.69) is 65.4 Å². The zero-order valence-electron chi connectivity index (χ0n) is 12.9. The van der Waals surface area contributed by atoms with E-state index < -0.39 is 0 Å². The Morgan fingerprint density at radius 2 is 1.17 bits per heavy atom. The molecule has 0 bridgehead atoms. The standard InChI is InChI=1S/C21H15Cl2N/c22-18-9-5-16(6-10-18)21(17-7-11-19(23)12-8-17)24-14-13-15-3-1-2-4-20(15)24/h1-14,21H. The van der Waals surface area contributed by atoms with Crippen molar-refractivity contribution in [2.75, 3.05) is 0 Å². The average Bonchev–Trinajstić information content (AvgIpc) is 3.03. The Morgan fingerprint density at radius 3 is 1.75 bits per heavy atom. The van der Waals surface area contributed by atoms with Gasteiger partial charge in [0.15, 0.2) is 0 Å². The van der Waals surface area contributed by atoms with E-state index in [0.717, 1.165) is 10.0 Å². The molecule has 0 aliphatic heterocycles. The number of hydrogen-bond acceptors (Lipinski definition) is 0.